The predicted molar refractivity (Wildman–Crippen MR) is 68.3 cm³/mol. The highest BCUT2D eigenvalue weighted by Crippen LogP contribution is 2.23. The van der Waals surface area contributed by atoms with E-state index in [2.05, 4.69) is 10.6 Å². The van der Waals surface area contributed by atoms with Crippen LogP contribution in [0.2, 0.25) is 10.0 Å². The van der Waals surface area contributed by atoms with E-state index >= 15 is 0 Å². The molecule has 0 aliphatic carbocycles. The number of thiocarbonyl (C=S) groups is 1. The summed E-state index contributed by atoms with van der Waals surface area (Å²) >= 11 is 16.5. The first kappa shape index (κ1) is 11.4. The van der Waals surface area contributed by atoms with Crippen LogP contribution in [0.15, 0.2) is 23.9 Å². The van der Waals surface area contributed by atoms with Crippen LogP contribution in [-0.2, 0) is 4.79 Å². The molecule has 16 heavy (non-hydrogen) atoms. The Morgan fingerprint density at radius 2 is 2.00 bits per heavy atom. The van der Waals surface area contributed by atoms with Crippen LogP contribution in [0.3, 0.4) is 0 Å². The first-order chi connectivity index (χ1) is 7.56. The molecule has 1 aliphatic heterocycles. The fraction of sp³-hybridized carbons (Fsp3) is 0. The molecule has 0 aromatic heterocycles. The molecule has 1 aliphatic rings. The van der Waals surface area contributed by atoms with Gasteiger partial charge in [-0.15, -0.1) is 0 Å². The summed E-state index contributed by atoms with van der Waals surface area (Å²) in [6.45, 7) is 0. The molecule has 0 unspecified atom stereocenters. The first-order valence-corrected chi connectivity index (χ1v) is 5.52. The van der Waals surface area contributed by atoms with Crippen LogP contribution in [0, 0.1) is 0 Å². The fourth-order valence-corrected chi connectivity index (χ4v) is 1.92. The van der Waals surface area contributed by atoms with Crippen LogP contribution < -0.4 is 10.6 Å². The Hall–Kier alpha value is -1.10. The Morgan fingerprint density at radius 3 is 2.56 bits per heavy atom. The van der Waals surface area contributed by atoms with E-state index < -0.39 is 0 Å². The fourth-order valence-electron chi connectivity index (χ4n) is 1.26. The second-order valence-corrected chi connectivity index (χ2v) is 4.38. The molecule has 6 heteroatoms. The zero-order chi connectivity index (χ0) is 11.7. The van der Waals surface area contributed by atoms with Gasteiger partial charge in [-0.1, -0.05) is 29.3 Å². The lowest BCUT2D eigenvalue weighted by atomic mass is 10.2. The monoisotopic (exact) mass is 272 g/mol. The van der Waals surface area contributed by atoms with Crippen molar-refractivity contribution in [2.24, 2.45) is 0 Å². The zero-order valence-corrected chi connectivity index (χ0v) is 10.2. The molecule has 3 nitrogen and oxygen atoms in total. The molecule has 2 N–H and O–H groups in total. The van der Waals surface area contributed by atoms with Crippen molar-refractivity contribution in [3.05, 3.63) is 39.5 Å². The summed E-state index contributed by atoms with van der Waals surface area (Å²) in [5.41, 5.74) is 1.07. The van der Waals surface area contributed by atoms with Crippen LogP contribution in [-0.4, -0.2) is 11.0 Å². The van der Waals surface area contributed by atoms with E-state index in [-0.39, 0.29) is 5.91 Å². The van der Waals surface area contributed by atoms with Gasteiger partial charge in [-0.3, -0.25) is 10.1 Å². The standard InChI is InChI=1S/C10H6Cl2N2OS/c11-6-2-1-5(7(12)4-6)3-8-9(15)14-10(16)13-8/h1-4H,(H2,13,14,15,16)/b8-3+. The third kappa shape index (κ3) is 2.35. The van der Waals surface area contributed by atoms with E-state index in [1.54, 1.807) is 24.3 Å². The Morgan fingerprint density at radius 1 is 1.25 bits per heavy atom. The molecule has 1 amide bonds. The third-order valence-electron chi connectivity index (χ3n) is 1.98. The number of hydrogen-bond acceptors (Lipinski definition) is 2. The Kier molecular flexibility index (Phi) is 3.14. The van der Waals surface area contributed by atoms with E-state index in [0.717, 1.165) is 0 Å². The minimum atomic E-state index is -0.268. The van der Waals surface area contributed by atoms with Crippen molar-refractivity contribution >= 4 is 52.5 Å². The molecule has 1 aromatic carbocycles. The molecular formula is C10H6Cl2N2OS. The van der Waals surface area contributed by atoms with Gasteiger partial charge in [0.05, 0.1) is 0 Å². The van der Waals surface area contributed by atoms with Gasteiger partial charge in [-0.05, 0) is 36.0 Å². The molecule has 0 radical (unpaired) electrons. The lowest BCUT2D eigenvalue weighted by Gasteiger charge is -2.00. The molecule has 0 saturated carbocycles. The second kappa shape index (κ2) is 4.41. The third-order valence-corrected chi connectivity index (χ3v) is 2.75. The summed E-state index contributed by atoms with van der Waals surface area (Å²) in [4.78, 5) is 11.4. The van der Waals surface area contributed by atoms with Crippen LogP contribution in [0.1, 0.15) is 5.56 Å². The number of benzene rings is 1. The lowest BCUT2D eigenvalue weighted by Crippen LogP contribution is -2.21. The van der Waals surface area contributed by atoms with E-state index in [0.29, 0.717) is 26.4 Å². The van der Waals surface area contributed by atoms with E-state index in [1.807, 2.05) is 0 Å². The Balaban J connectivity index is 2.36. The maximum Gasteiger partial charge on any atom is 0.273 e. The summed E-state index contributed by atoms with van der Waals surface area (Å²) in [6.07, 6.45) is 1.62. The largest absolute Gasteiger partial charge is 0.328 e. The van der Waals surface area contributed by atoms with E-state index in [4.69, 9.17) is 35.4 Å². The minimum absolute atomic E-state index is 0.268. The summed E-state index contributed by atoms with van der Waals surface area (Å²) in [5, 5.41) is 6.52. The van der Waals surface area contributed by atoms with Gasteiger partial charge in [0, 0.05) is 10.0 Å². The molecule has 1 heterocycles. The molecule has 2 rings (SSSR count). The predicted octanol–water partition coefficient (Wildman–Crippen LogP) is 2.34. The minimum Gasteiger partial charge on any atom is -0.328 e. The number of amides is 1. The molecular weight excluding hydrogens is 267 g/mol. The molecule has 0 atom stereocenters. The maximum absolute atomic E-state index is 11.4. The average molecular weight is 273 g/mol. The van der Waals surface area contributed by atoms with Gasteiger partial charge in [-0.25, -0.2) is 0 Å². The molecule has 1 saturated heterocycles. The molecule has 82 valence electrons. The number of rotatable bonds is 1. The Bertz CT molecular complexity index is 514. The molecule has 1 fully saturated rings. The van der Waals surface area contributed by atoms with Gasteiger partial charge in [0.2, 0.25) is 0 Å². The van der Waals surface area contributed by atoms with Gasteiger partial charge in [0.25, 0.3) is 5.91 Å². The summed E-state index contributed by atoms with van der Waals surface area (Å²) in [6, 6.07) is 5.04. The highest BCUT2D eigenvalue weighted by molar-refractivity contribution is 7.80. The summed E-state index contributed by atoms with van der Waals surface area (Å²) in [7, 11) is 0. The van der Waals surface area contributed by atoms with Crippen LogP contribution >= 0.6 is 35.4 Å². The normalized spacial score (nSPS) is 17.5. The van der Waals surface area contributed by atoms with E-state index in [1.165, 1.54) is 0 Å². The van der Waals surface area contributed by atoms with Crippen LogP contribution in [0.25, 0.3) is 6.08 Å². The topological polar surface area (TPSA) is 41.1 Å². The first-order valence-electron chi connectivity index (χ1n) is 4.35. The highest BCUT2D eigenvalue weighted by atomic mass is 35.5. The van der Waals surface area contributed by atoms with Crippen molar-refractivity contribution in [3.63, 3.8) is 0 Å². The Labute approximate surface area is 107 Å². The average Bonchev–Trinajstić information content (AvgIpc) is 2.50. The van der Waals surface area contributed by atoms with E-state index in [9.17, 15) is 4.79 Å². The van der Waals surface area contributed by atoms with Crippen LogP contribution in [0.5, 0.6) is 0 Å². The molecule has 0 bridgehead atoms. The maximum atomic E-state index is 11.4. The quantitative estimate of drug-likeness (QED) is 0.609. The van der Waals surface area contributed by atoms with Crippen LogP contribution in [0.4, 0.5) is 0 Å². The summed E-state index contributed by atoms with van der Waals surface area (Å²) < 4.78 is 0. The van der Waals surface area contributed by atoms with Gasteiger partial charge in [0.1, 0.15) is 5.70 Å². The van der Waals surface area contributed by atoms with Crippen molar-refractivity contribution in [2.45, 2.75) is 0 Å². The van der Waals surface area contributed by atoms with Gasteiger partial charge >= 0.3 is 0 Å². The number of halogens is 2. The van der Waals surface area contributed by atoms with Gasteiger partial charge < -0.3 is 5.32 Å². The number of carbonyl (C=O) groups excluding carboxylic acids is 1. The molecule has 0 spiro atoms. The van der Waals surface area contributed by atoms with Gasteiger partial charge in [-0.2, -0.15) is 0 Å². The van der Waals surface area contributed by atoms with Crippen molar-refractivity contribution in [1.29, 1.82) is 0 Å². The van der Waals surface area contributed by atoms with Crippen molar-refractivity contribution < 1.29 is 4.79 Å². The number of carbonyl (C=O) groups is 1. The highest BCUT2D eigenvalue weighted by Gasteiger charge is 2.20. The molecule has 1 aromatic rings. The lowest BCUT2D eigenvalue weighted by molar-refractivity contribution is -0.115. The van der Waals surface area contributed by atoms with Crippen molar-refractivity contribution in [3.8, 4) is 0 Å². The number of nitrogens with one attached hydrogen (secondary N) is 2. The second-order valence-electron chi connectivity index (χ2n) is 3.13. The van der Waals surface area contributed by atoms with Gasteiger partial charge in [0.15, 0.2) is 5.11 Å². The summed E-state index contributed by atoms with van der Waals surface area (Å²) in [5.74, 6) is -0.268. The van der Waals surface area contributed by atoms with Crippen molar-refractivity contribution in [1.82, 2.24) is 10.6 Å². The SMILES string of the molecule is O=C1NC(=S)N/C1=C/c1ccc(Cl)cc1Cl. The van der Waals surface area contributed by atoms with Crippen molar-refractivity contribution in [2.75, 3.05) is 0 Å². The number of hydrogen-bond donors (Lipinski definition) is 2. The smallest absolute Gasteiger partial charge is 0.273 e. The zero-order valence-electron chi connectivity index (χ0n) is 7.88.